The molecule has 0 radical (unpaired) electrons. The smallest absolute Gasteiger partial charge is 0.257 e. The first kappa shape index (κ1) is 20.9. The van der Waals surface area contributed by atoms with Gasteiger partial charge in [-0.1, -0.05) is 24.6 Å². The van der Waals surface area contributed by atoms with Gasteiger partial charge >= 0.3 is 0 Å². The maximum atomic E-state index is 13.3. The summed E-state index contributed by atoms with van der Waals surface area (Å²) in [4.78, 5) is 35.2. The quantitative estimate of drug-likeness (QED) is 0.740. The van der Waals surface area contributed by atoms with Crippen molar-refractivity contribution in [2.75, 3.05) is 49.1 Å². The molecule has 0 saturated carbocycles. The summed E-state index contributed by atoms with van der Waals surface area (Å²) in [6.07, 6.45) is 4.50. The Morgan fingerprint density at radius 3 is 2.47 bits per heavy atom. The minimum Gasteiger partial charge on any atom is -0.368 e. The molecule has 2 aromatic rings. The Balaban J connectivity index is 1.35. The average molecular weight is 433 g/mol. The van der Waals surface area contributed by atoms with Gasteiger partial charge in [0.05, 0.1) is 11.3 Å². The molecule has 0 N–H and O–H groups in total. The van der Waals surface area contributed by atoms with Gasteiger partial charge in [0.1, 0.15) is 6.17 Å². The molecule has 32 heavy (non-hydrogen) atoms. The van der Waals surface area contributed by atoms with Gasteiger partial charge in [-0.15, -0.1) is 0 Å². The topological polar surface area (TPSA) is 47.1 Å². The molecule has 3 heterocycles. The van der Waals surface area contributed by atoms with E-state index in [2.05, 4.69) is 41.0 Å². The Kier molecular flexibility index (Phi) is 5.77. The van der Waals surface area contributed by atoms with Crippen molar-refractivity contribution in [2.24, 2.45) is 0 Å². The molecule has 168 valence electrons. The van der Waals surface area contributed by atoms with Gasteiger partial charge < -0.3 is 19.6 Å². The predicted octanol–water partition coefficient (Wildman–Crippen LogP) is 3.83. The SMILES string of the molecule is CCN1c2cc(C(=O)N3CCN(c4ccccc4)CC3)ccc2C(=O)N2CCCCC[C@H]21. The maximum absolute atomic E-state index is 13.3. The number of carbonyl (C=O) groups excluding carboxylic acids is 2. The lowest BCUT2D eigenvalue weighted by atomic mass is 10.0. The van der Waals surface area contributed by atoms with Crippen molar-refractivity contribution in [3.8, 4) is 0 Å². The van der Waals surface area contributed by atoms with Gasteiger partial charge in [-0.3, -0.25) is 9.59 Å². The van der Waals surface area contributed by atoms with Crippen LogP contribution in [0, 0.1) is 0 Å². The summed E-state index contributed by atoms with van der Waals surface area (Å²) in [7, 11) is 0. The second-order valence-electron chi connectivity index (χ2n) is 8.96. The van der Waals surface area contributed by atoms with Crippen molar-refractivity contribution in [1.29, 1.82) is 0 Å². The van der Waals surface area contributed by atoms with E-state index in [0.29, 0.717) is 18.7 Å². The first-order valence-electron chi connectivity index (χ1n) is 12.0. The van der Waals surface area contributed by atoms with Gasteiger partial charge in [0.2, 0.25) is 0 Å². The molecule has 2 aromatic carbocycles. The summed E-state index contributed by atoms with van der Waals surface area (Å²) in [5.74, 6) is 0.180. The molecule has 0 spiro atoms. The summed E-state index contributed by atoms with van der Waals surface area (Å²) in [6, 6.07) is 16.0. The molecule has 3 aliphatic heterocycles. The third kappa shape index (κ3) is 3.72. The van der Waals surface area contributed by atoms with Gasteiger partial charge in [-0.05, 0) is 56.5 Å². The minimum absolute atomic E-state index is 0.0623. The van der Waals surface area contributed by atoms with E-state index in [0.717, 1.165) is 56.7 Å². The van der Waals surface area contributed by atoms with E-state index in [1.54, 1.807) is 0 Å². The molecule has 2 amide bonds. The summed E-state index contributed by atoms with van der Waals surface area (Å²) in [6.45, 7) is 6.87. The fourth-order valence-electron chi connectivity index (χ4n) is 5.42. The van der Waals surface area contributed by atoms with E-state index in [-0.39, 0.29) is 18.0 Å². The van der Waals surface area contributed by atoms with Crippen LogP contribution in [-0.4, -0.2) is 67.0 Å². The molecule has 0 bridgehead atoms. The van der Waals surface area contributed by atoms with Gasteiger partial charge in [-0.25, -0.2) is 0 Å². The van der Waals surface area contributed by atoms with Crippen LogP contribution in [0.1, 0.15) is 53.3 Å². The van der Waals surface area contributed by atoms with Gasteiger partial charge in [0, 0.05) is 50.5 Å². The zero-order valence-corrected chi connectivity index (χ0v) is 18.9. The molecule has 3 aliphatic rings. The zero-order chi connectivity index (χ0) is 22.1. The molecular weight excluding hydrogens is 400 g/mol. The Bertz CT molecular complexity index is 985. The lowest BCUT2D eigenvalue weighted by Crippen LogP contribution is -2.55. The fourth-order valence-corrected chi connectivity index (χ4v) is 5.42. The number of anilines is 2. The zero-order valence-electron chi connectivity index (χ0n) is 18.9. The summed E-state index contributed by atoms with van der Waals surface area (Å²) >= 11 is 0. The Labute approximate surface area is 190 Å². The highest BCUT2D eigenvalue weighted by Crippen LogP contribution is 2.35. The van der Waals surface area contributed by atoms with E-state index in [1.807, 2.05) is 34.1 Å². The number of hydrogen-bond acceptors (Lipinski definition) is 4. The first-order chi connectivity index (χ1) is 15.7. The second kappa shape index (κ2) is 8.85. The predicted molar refractivity (Wildman–Crippen MR) is 127 cm³/mol. The van der Waals surface area contributed by atoms with Crippen molar-refractivity contribution >= 4 is 23.2 Å². The molecule has 1 atom stereocenters. The number of amides is 2. The van der Waals surface area contributed by atoms with Crippen molar-refractivity contribution in [3.63, 3.8) is 0 Å². The summed E-state index contributed by atoms with van der Waals surface area (Å²) in [5, 5.41) is 0. The van der Waals surface area contributed by atoms with E-state index < -0.39 is 0 Å². The number of rotatable bonds is 3. The monoisotopic (exact) mass is 432 g/mol. The van der Waals surface area contributed by atoms with Crippen LogP contribution in [-0.2, 0) is 0 Å². The second-order valence-corrected chi connectivity index (χ2v) is 8.96. The Morgan fingerprint density at radius 1 is 0.938 bits per heavy atom. The molecule has 5 rings (SSSR count). The third-order valence-electron chi connectivity index (χ3n) is 7.16. The molecule has 0 aliphatic carbocycles. The normalized spacial score (nSPS) is 21.2. The molecule has 6 nitrogen and oxygen atoms in total. The number of fused-ring (bicyclic) bond motifs is 2. The van der Waals surface area contributed by atoms with E-state index in [1.165, 1.54) is 12.1 Å². The standard InChI is InChI=1S/C26H32N4O2/c1-2-29-23-19-20(12-13-22(23)26(32)30-14-8-4-7-11-24(29)30)25(31)28-17-15-27(16-18-28)21-9-5-3-6-10-21/h3,5-6,9-10,12-13,19,24H,2,4,7-8,11,14-18H2,1H3/t24-/m0/s1. The molecule has 0 aromatic heterocycles. The van der Waals surface area contributed by atoms with Crippen LogP contribution in [0.25, 0.3) is 0 Å². The van der Waals surface area contributed by atoms with E-state index in [9.17, 15) is 9.59 Å². The van der Waals surface area contributed by atoms with Crippen LogP contribution >= 0.6 is 0 Å². The number of benzene rings is 2. The maximum Gasteiger partial charge on any atom is 0.257 e. The molecule has 0 unspecified atom stereocenters. The highest BCUT2D eigenvalue weighted by molar-refractivity contribution is 6.04. The third-order valence-corrected chi connectivity index (χ3v) is 7.16. The lowest BCUT2D eigenvalue weighted by molar-refractivity contribution is 0.0654. The first-order valence-corrected chi connectivity index (χ1v) is 12.0. The summed E-state index contributed by atoms with van der Waals surface area (Å²) in [5.41, 5.74) is 3.55. The number of nitrogens with zero attached hydrogens (tertiary/aromatic N) is 4. The Morgan fingerprint density at radius 2 is 1.72 bits per heavy atom. The van der Waals surface area contributed by atoms with E-state index in [4.69, 9.17) is 0 Å². The molecule has 6 heteroatoms. The van der Waals surface area contributed by atoms with Gasteiger partial charge in [-0.2, -0.15) is 0 Å². The highest BCUT2D eigenvalue weighted by atomic mass is 16.2. The lowest BCUT2D eigenvalue weighted by Gasteiger charge is -2.45. The van der Waals surface area contributed by atoms with Crippen molar-refractivity contribution < 1.29 is 9.59 Å². The van der Waals surface area contributed by atoms with Crippen molar-refractivity contribution in [1.82, 2.24) is 9.80 Å². The number of hydrogen-bond donors (Lipinski definition) is 0. The van der Waals surface area contributed by atoms with Crippen LogP contribution in [0.15, 0.2) is 48.5 Å². The number of carbonyl (C=O) groups is 2. The minimum atomic E-state index is 0.0623. The van der Waals surface area contributed by atoms with Crippen LogP contribution in [0.2, 0.25) is 0 Å². The van der Waals surface area contributed by atoms with Crippen molar-refractivity contribution in [3.05, 3.63) is 59.7 Å². The van der Waals surface area contributed by atoms with Gasteiger partial charge in [0.25, 0.3) is 11.8 Å². The molecule has 2 saturated heterocycles. The van der Waals surface area contributed by atoms with Crippen molar-refractivity contribution in [2.45, 2.75) is 38.8 Å². The number of para-hydroxylation sites is 1. The fraction of sp³-hybridized carbons (Fsp3) is 0.462. The molecular formula is C26H32N4O2. The van der Waals surface area contributed by atoms with Crippen LogP contribution < -0.4 is 9.80 Å². The van der Waals surface area contributed by atoms with Crippen LogP contribution in [0.3, 0.4) is 0 Å². The van der Waals surface area contributed by atoms with Crippen LogP contribution in [0.4, 0.5) is 11.4 Å². The average Bonchev–Trinajstić information content (AvgIpc) is 3.11. The highest BCUT2D eigenvalue weighted by Gasteiger charge is 2.37. The van der Waals surface area contributed by atoms with E-state index >= 15 is 0 Å². The van der Waals surface area contributed by atoms with Gasteiger partial charge in [0.15, 0.2) is 0 Å². The van der Waals surface area contributed by atoms with Crippen LogP contribution in [0.5, 0.6) is 0 Å². The molecule has 2 fully saturated rings. The number of piperazine rings is 1. The Hall–Kier alpha value is -3.02. The largest absolute Gasteiger partial charge is 0.368 e. The summed E-state index contributed by atoms with van der Waals surface area (Å²) < 4.78 is 0.